The quantitative estimate of drug-likeness (QED) is 0.0466. The molecule has 9 rings (SSSR count). The second kappa shape index (κ2) is 25.4. The minimum Gasteiger partial charge on any atom is -0.355 e. The van der Waals surface area contributed by atoms with Gasteiger partial charge in [0.1, 0.15) is 17.4 Å². The summed E-state index contributed by atoms with van der Waals surface area (Å²) in [5, 5.41) is 5.47. The average Bonchev–Trinajstić information content (AvgIpc) is 3.99. The lowest BCUT2D eigenvalue weighted by atomic mass is 9.73. The van der Waals surface area contributed by atoms with Crippen LogP contribution < -0.4 is 10.6 Å². The van der Waals surface area contributed by atoms with Crippen LogP contribution >= 0.6 is 0 Å². The number of nitrogens with one attached hydrogen (secondary N) is 2. The van der Waals surface area contributed by atoms with E-state index >= 15 is 0 Å². The molecule has 1 heterocycles. The lowest BCUT2D eigenvalue weighted by molar-refractivity contribution is -0.141. The molecule has 3 aliphatic rings. The van der Waals surface area contributed by atoms with E-state index in [4.69, 9.17) is 0 Å². The topological polar surface area (TPSA) is 85.0 Å². The number of unbranched alkanes of at least 4 members (excludes halogenated alkanes) is 4. The largest absolute Gasteiger partial charge is 0.416 e. The van der Waals surface area contributed by atoms with Gasteiger partial charge in [0.25, 0.3) is 5.91 Å². The Balaban J connectivity index is 0.821. The van der Waals surface area contributed by atoms with Crippen molar-refractivity contribution in [2.45, 2.75) is 113 Å². The van der Waals surface area contributed by atoms with Crippen LogP contribution in [0.3, 0.4) is 0 Å². The molecule has 0 saturated carbocycles. The zero-order chi connectivity index (χ0) is 56.5. The average molecular weight is 1100 g/mol. The Morgan fingerprint density at radius 2 is 1.00 bits per heavy atom. The Morgan fingerprint density at radius 1 is 0.550 bits per heavy atom. The molecule has 3 amide bonds. The molecule has 1 fully saturated rings. The molecule has 2 N–H and O–H groups in total. The van der Waals surface area contributed by atoms with E-state index < -0.39 is 41.2 Å². The summed E-state index contributed by atoms with van der Waals surface area (Å²) in [7, 11) is 2.13. The zero-order valence-electron chi connectivity index (χ0n) is 45.9. The summed E-state index contributed by atoms with van der Waals surface area (Å²) in [6.45, 7) is 5.68. The molecular weight excluding hydrogens is 1020 g/mol. The normalized spacial score (nSPS) is 15.5. The number of alkyl halides is 6. The first-order chi connectivity index (χ1) is 38.6. The zero-order valence-corrected chi connectivity index (χ0v) is 45.9. The number of amides is 3. The van der Waals surface area contributed by atoms with Crippen LogP contribution in [0.15, 0.2) is 146 Å². The number of carbonyl (C=O) groups is 3. The SMILES string of the molecule is CCCNC(=O)C1(CCCCN(C)CCCCCN(C(=O)c2ccccc2-c2ccc(C(F)(F)F)cc2)C2CCN(CCCCC3(C(=O)NCC(F)(F)F)c4ccccc4-c4ccccc43)CC2)c2ccccc2-c2ccccc21. The van der Waals surface area contributed by atoms with Crippen LogP contribution in [-0.2, 0) is 26.6 Å². The Bertz CT molecular complexity index is 3000. The van der Waals surface area contributed by atoms with Crippen molar-refractivity contribution in [3.63, 3.8) is 0 Å². The molecular formula is C66H73F6N5O3. The van der Waals surface area contributed by atoms with Crippen molar-refractivity contribution in [2.75, 3.05) is 59.4 Å². The van der Waals surface area contributed by atoms with Crippen molar-refractivity contribution in [2.24, 2.45) is 0 Å². The molecule has 1 saturated heterocycles. The van der Waals surface area contributed by atoms with Crippen molar-refractivity contribution in [3.05, 3.63) is 179 Å². The van der Waals surface area contributed by atoms with E-state index in [0.717, 1.165) is 97.1 Å². The van der Waals surface area contributed by atoms with Gasteiger partial charge in [0.05, 0.1) is 5.56 Å². The van der Waals surface area contributed by atoms with Crippen molar-refractivity contribution >= 4 is 17.7 Å². The van der Waals surface area contributed by atoms with Gasteiger partial charge in [-0.05, 0) is 158 Å². The van der Waals surface area contributed by atoms with Gasteiger partial charge in [0, 0.05) is 37.8 Å². The van der Waals surface area contributed by atoms with Crippen LogP contribution in [-0.4, -0.2) is 104 Å². The number of rotatable bonds is 24. The highest BCUT2D eigenvalue weighted by Gasteiger charge is 2.50. The molecule has 0 radical (unpaired) electrons. The first kappa shape index (κ1) is 57.9. The third kappa shape index (κ3) is 12.4. The van der Waals surface area contributed by atoms with E-state index in [1.54, 1.807) is 24.3 Å². The van der Waals surface area contributed by atoms with Crippen LogP contribution in [0.4, 0.5) is 26.3 Å². The van der Waals surface area contributed by atoms with Gasteiger partial charge in [-0.3, -0.25) is 14.4 Å². The molecule has 0 atom stereocenters. The maximum absolute atomic E-state index is 14.9. The van der Waals surface area contributed by atoms with Gasteiger partial charge < -0.3 is 25.3 Å². The van der Waals surface area contributed by atoms with Gasteiger partial charge in [-0.1, -0.05) is 154 Å². The molecule has 0 bridgehead atoms. The summed E-state index contributed by atoms with van der Waals surface area (Å²) in [6.07, 6.45) is -0.0773. The maximum Gasteiger partial charge on any atom is 0.416 e. The molecule has 14 heteroatoms. The molecule has 80 heavy (non-hydrogen) atoms. The maximum atomic E-state index is 14.9. The van der Waals surface area contributed by atoms with E-state index in [-0.39, 0.29) is 17.9 Å². The number of carbonyl (C=O) groups excluding carboxylic acids is 3. The molecule has 6 aromatic carbocycles. The first-order valence-electron chi connectivity index (χ1n) is 28.6. The minimum atomic E-state index is -4.56. The summed E-state index contributed by atoms with van der Waals surface area (Å²) in [5.74, 6) is -0.750. The Hall–Kier alpha value is -6.77. The number of piperidine rings is 1. The number of fused-ring (bicyclic) bond motifs is 6. The summed E-state index contributed by atoms with van der Waals surface area (Å²) in [4.78, 5) is 49.8. The second-order valence-corrected chi connectivity index (χ2v) is 22.0. The van der Waals surface area contributed by atoms with Crippen molar-refractivity contribution < 1.29 is 40.7 Å². The van der Waals surface area contributed by atoms with E-state index in [0.29, 0.717) is 99.1 Å². The monoisotopic (exact) mass is 1100 g/mol. The molecule has 0 spiro atoms. The van der Waals surface area contributed by atoms with E-state index in [2.05, 4.69) is 58.7 Å². The first-order valence-corrected chi connectivity index (χ1v) is 28.6. The smallest absolute Gasteiger partial charge is 0.355 e. The third-order valence-corrected chi connectivity index (χ3v) is 16.9. The Labute approximate surface area is 467 Å². The number of nitrogens with zero attached hydrogens (tertiary/aromatic N) is 3. The van der Waals surface area contributed by atoms with E-state index in [1.807, 2.05) is 77.7 Å². The summed E-state index contributed by atoms with van der Waals surface area (Å²) < 4.78 is 81.2. The number of hydrogen-bond donors (Lipinski definition) is 2. The number of likely N-dealkylation sites (tertiary alicyclic amines) is 1. The van der Waals surface area contributed by atoms with Crippen LogP contribution in [0.25, 0.3) is 33.4 Å². The molecule has 0 unspecified atom stereocenters. The molecule has 0 aromatic heterocycles. The fraction of sp³-hybridized carbons (Fsp3) is 0.409. The standard InChI is InChI=1S/C66H73F6N5O3/c1-3-39-73-61(79)63(56-27-11-7-22-51(56)52-23-8-12-28-57(52)63)37-15-19-41-75(2)40-17-4-18-43-77(60(78)55-26-6-5-21-50(55)47-31-33-48(34-32-47)66(70,71)72)49-35-44-76(45-36-49)42-20-16-38-64(62(80)74-46-65(67,68)69)58-29-13-9-24-53(58)54-25-10-14-30-59(54)64/h5-14,21-34,49H,3-4,15-20,35-46H2,1-2H3,(H,73,79)(H,74,80). The molecule has 1 aliphatic heterocycles. The third-order valence-electron chi connectivity index (χ3n) is 16.9. The lowest BCUT2D eigenvalue weighted by Gasteiger charge is -2.39. The highest BCUT2D eigenvalue weighted by molar-refractivity contribution is 6.02. The molecule has 8 nitrogen and oxygen atoms in total. The van der Waals surface area contributed by atoms with Crippen molar-refractivity contribution in [3.8, 4) is 33.4 Å². The van der Waals surface area contributed by atoms with Gasteiger partial charge in [0.15, 0.2) is 0 Å². The molecule has 422 valence electrons. The lowest BCUT2D eigenvalue weighted by Crippen LogP contribution is -2.48. The molecule has 6 aromatic rings. The predicted octanol–water partition coefficient (Wildman–Crippen LogP) is 13.9. The van der Waals surface area contributed by atoms with Crippen molar-refractivity contribution in [1.82, 2.24) is 25.3 Å². The summed E-state index contributed by atoms with van der Waals surface area (Å²) in [6, 6.07) is 43.5. The Kier molecular flexibility index (Phi) is 18.3. The number of halogens is 6. The fourth-order valence-electron chi connectivity index (χ4n) is 12.9. The van der Waals surface area contributed by atoms with Gasteiger partial charge in [-0.25, -0.2) is 0 Å². The van der Waals surface area contributed by atoms with E-state index in [9.17, 15) is 40.7 Å². The highest BCUT2D eigenvalue weighted by Crippen LogP contribution is 2.53. The fourth-order valence-corrected chi connectivity index (χ4v) is 12.9. The van der Waals surface area contributed by atoms with Gasteiger partial charge in [-0.2, -0.15) is 26.3 Å². The summed E-state index contributed by atoms with van der Waals surface area (Å²) in [5.41, 5.74) is 6.29. The summed E-state index contributed by atoms with van der Waals surface area (Å²) >= 11 is 0. The van der Waals surface area contributed by atoms with Crippen LogP contribution in [0, 0.1) is 0 Å². The van der Waals surface area contributed by atoms with Crippen LogP contribution in [0.1, 0.15) is 122 Å². The molecule has 2 aliphatic carbocycles. The Morgan fingerprint density at radius 3 is 1.50 bits per heavy atom. The van der Waals surface area contributed by atoms with Gasteiger partial charge >= 0.3 is 12.4 Å². The van der Waals surface area contributed by atoms with Crippen LogP contribution in [0.5, 0.6) is 0 Å². The van der Waals surface area contributed by atoms with Crippen molar-refractivity contribution in [1.29, 1.82) is 0 Å². The number of hydrogen-bond acceptors (Lipinski definition) is 5. The second-order valence-electron chi connectivity index (χ2n) is 22.0. The minimum absolute atomic E-state index is 0.0616. The highest BCUT2D eigenvalue weighted by atomic mass is 19.4. The predicted molar refractivity (Wildman–Crippen MR) is 304 cm³/mol. The van der Waals surface area contributed by atoms with E-state index in [1.165, 1.54) is 12.1 Å². The van der Waals surface area contributed by atoms with Gasteiger partial charge in [-0.15, -0.1) is 0 Å². The number of benzene rings is 6. The van der Waals surface area contributed by atoms with Gasteiger partial charge in [0.2, 0.25) is 11.8 Å². The van der Waals surface area contributed by atoms with Crippen LogP contribution in [0.2, 0.25) is 0 Å².